The van der Waals surface area contributed by atoms with E-state index in [0.29, 0.717) is 5.69 Å². The van der Waals surface area contributed by atoms with Crippen molar-refractivity contribution in [3.05, 3.63) is 65.7 Å². The highest BCUT2D eigenvalue weighted by Crippen LogP contribution is 2.27. The molecule has 7 nitrogen and oxygen atoms in total. The fourth-order valence-corrected chi connectivity index (χ4v) is 4.21. The number of carbonyl (C=O) groups is 1. The average Bonchev–Trinajstić information content (AvgIpc) is 3.25. The first-order valence-corrected chi connectivity index (χ1v) is 12.4. The van der Waals surface area contributed by atoms with Crippen molar-refractivity contribution in [2.75, 3.05) is 37.3 Å². The number of benzene rings is 1. The van der Waals surface area contributed by atoms with Crippen LogP contribution in [-0.4, -0.2) is 47.5 Å². The third kappa shape index (κ3) is 7.76. The summed E-state index contributed by atoms with van der Waals surface area (Å²) in [4.78, 5) is 24.7. The highest BCUT2D eigenvalue weighted by molar-refractivity contribution is 7.15. The van der Waals surface area contributed by atoms with Crippen molar-refractivity contribution in [2.45, 2.75) is 33.2 Å². The third-order valence-electron chi connectivity index (χ3n) is 5.26. The van der Waals surface area contributed by atoms with Gasteiger partial charge in [-0.15, -0.1) is 11.3 Å². The summed E-state index contributed by atoms with van der Waals surface area (Å²) in [5.41, 5.74) is 3.65. The first-order valence-electron chi connectivity index (χ1n) is 11.6. The minimum Gasteiger partial charge on any atom is -0.323 e. The fraction of sp³-hybridized carbons (Fsp3) is 0.346. The first kappa shape index (κ1) is 25.6. The predicted molar refractivity (Wildman–Crippen MR) is 143 cm³/mol. The number of carbonyl (C=O) groups excluding carboxylic acids is 1. The number of hydrogen-bond acceptors (Lipinski definition) is 7. The van der Waals surface area contributed by atoms with Crippen LogP contribution in [0.25, 0.3) is 11.3 Å². The number of aromatic nitrogens is 2. The van der Waals surface area contributed by atoms with Crippen LogP contribution in [0.15, 0.2) is 55.3 Å². The molecule has 0 aliphatic carbocycles. The molecule has 34 heavy (non-hydrogen) atoms. The smallest absolute Gasteiger partial charge is 0.247 e. The zero-order valence-electron chi connectivity index (χ0n) is 20.2. The van der Waals surface area contributed by atoms with Crippen LogP contribution in [0.1, 0.15) is 30.2 Å². The minimum atomic E-state index is -0.239. The second kappa shape index (κ2) is 13.0. The van der Waals surface area contributed by atoms with E-state index in [4.69, 9.17) is 4.98 Å². The lowest BCUT2D eigenvalue weighted by molar-refractivity contribution is -0.111. The Balaban J connectivity index is 1.94. The molecule has 0 saturated carbocycles. The van der Waals surface area contributed by atoms with E-state index < -0.39 is 0 Å². The van der Waals surface area contributed by atoms with Crippen molar-refractivity contribution in [1.29, 1.82) is 0 Å². The molecule has 8 heteroatoms. The number of nitrogens with one attached hydrogen (secondary N) is 3. The molecule has 0 unspecified atom stereocenters. The summed E-state index contributed by atoms with van der Waals surface area (Å²) in [6, 6.07) is 11.9. The molecule has 3 rings (SSSR count). The fourth-order valence-electron chi connectivity index (χ4n) is 3.54. The Bertz CT molecular complexity index is 1090. The van der Waals surface area contributed by atoms with Crippen LogP contribution in [0.5, 0.6) is 0 Å². The molecule has 2 aromatic heterocycles. The zero-order valence-corrected chi connectivity index (χ0v) is 21.0. The number of hydrogen-bond donors (Lipinski definition) is 3. The number of amides is 1. The van der Waals surface area contributed by atoms with Crippen molar-refractivity contribution in [2.24, 2.45) is 0 Å². The normalized spacial score (nSPS) is 10.9. The molecule has 0 bridgehead atoms. The molecule has 0 radical (unpaired) electrons. The summed E-state index contributed by atoms with van der Waals surface area (Å²) in [5.74, 6) is 0.517. The van der Waals surface area contributed by atoms with Crippen LogP contribution in [0.4, 0.5) is 16.6 Å². The Hall–Kier alpha value is -3.07. The van der Waals surface area contributed by atoms with E-state index in [9.17, 15) is 4.79 Å². The van der Waals surface area contributed by atoms with Gasteiger partial charge < -0.3 is 16.0 Å². The van der Waals surface area contributed by atoms with Gasteiger partial charge in [-0.25, -0.2) is 9.97 Å². The lowest BCUT2D eigenvalue weighted by Gasteiger charge is -2.23. The van der Waals surface area contributed by atoms with E-state index in [2.05, 4.69) is 51.5 Å². The van der Waals surface area contributed by atoms with Gasteiger partial charge >= 0.3 is 0 Å². The van der Waals surface area contributed by atoms with E-state index in [0.717, 1.165) is 66.1 Å². The van der Waals surface area contributed by atoms with E-state index >= 15 is 0 Å². The minimum absolute atomic E-state index is 0.239. The van der Waals surface area contributed by atoms with E-state index in [-0.39, 0.29) is 5.91 Å². The quantitative estimate of drug-likeness (QED) is 0.293. The molecule has 0 aliphatic rings. The Morgan fingerprint density at radius 3 is 2.79 bits per heavy atom. The average molecular weight is 479 g/mol. The lowest BCUT2D eigenvalue weighted by Crippen LogP contribution is -2.31. The van der Waals surface area contributed by atoms with Crippen LogP contribution in [0.2, 0.25) is 0 Å². The molecular weight excluding hydrogens is 444 g/mol. The van der Waals surface area contributed by atoms with Gasteiger partial charge in [-0.3, -0.25) is 9.69 Å². The molecule has 0 spiro atoms. The summed E-state index contributed by atoms with van der Waals surface area (Å²) in [6.07, 6.45) is 5.45. The van der Waals surface area contributed by atoms with Crippen LogP contribution >= 0.6 is 11.3 Å². The maximum atomic E-state index is 11.8. The summed E-state index contributed by atoms with van der Waals surface area (Å²) >= 11 is 1.60. The van der Waals surface area contributed by atoms with Crippen molar-refractivity contribution in [3.63, 3.8) is 0 Å². The monoisotopic (exact) mass is 478 g/mol. The number of unbranched alkanes of at least 4 members (excludes halogenated alkanes) is 1. The van der Waals surface area contributed by atoms with Crippen molar-refractivity contribution in [1.82, 2.24) is 20.2 Å². The van der Waals surface area contributed by atoms with Gasteiger partial charge in [0.2, 0.25) is 5.91 Å². The highest BCUT2D eigenvalue weighted by atomic mass is 32.1. The molecule has 0 atom stereocenters. The molecule has 180 valence electrons. The van der Waals surface area contributed by atoms with E-state index in [1.807, 2.05) is 44.4 Å². The van der Waals surface area contributed by atoms with Crippen LogP contribution in [0.3, 0.4) is 0 Å². The van der Waals surface area contributed by atoms with Gasteiger partial charge in [0, 0.05) is 42.0 Å². The van der Waals surface area contributed by atoms with Crippen molar-refractivity contribution >= 4 is 33.9 Å². The SMILES string of the molecule is C=CC(=O)Nc1cccc(-c2cc(CN(CCCC)CCNC)cc(Nc3ncc(C)s3)n2)c1. The molecule has 0 saturated heterocycles. The van der Waals surface area contributed by atoms with Gasteiger partial charge in [-0.2, -0.15) is 0 Å². The van der Waals surface area contributed by atoms with Crippen molar-refractivity contribution in [3.8, 4) is 11.3 Å². The number of nitrogens with zero attached hydrogens (tertiary/aromatic N) is 3. The molecular formula is C26H34N6OS. The first-order chi connectivity index (χ1) is 16.5. The standard InChI is InChI=1S/C26H34N6OS/c1-5-7-12-32(13-11-27-4)18-20-14-23(21-9-8-10-22(16-21)29-25(33)6-2)30-24(15-20)31-26-28-17-19(3)34-26/h6,8-10,14-17,27H,2,5,7,11-13,18H2,1,3-4H3,(H,29,33)(H,28,30,31). The van der Waals surface area contributed by atoms with Crippen molar-refractivity contribution < 1.29 is 4.79 Å². The summed E-state index contributed by atoms with van der Waals surface area (Å²) < 4.78 is 0. The second-order valence-electron chi connectivity index (χ2n) is 8.15. The van der Waals surface area contributed by atoms with E-state index in [1.54, 1.807) is 11.3 Å². The molecule has 1 amide bonds. The van der Waals surface area contributed by atoms with Gasteiger partial charge in [0.25, 0.3) is 0 Å². The summed E-state index contributed by atoms with van der Waals surface area (Å²) in [5, 5.41) is 10.3. The van der Waals surface area contributed by atoms with Gasteiger partial charge in [0.1, 0.15) is 5.82 Å². The highest BCUT2D eigenvalue weighted by Gasteiger charge is 2.12. The maximum absolute atomic E-state index is 11.8. The van der Waals surface area contributed by atoms with Gasteiger partial charge in [-0.05, 0) is 62.8 Å². The van der Waals surface area contributed by atoms with Crippen LogP contribution in [-0.2, 0) is 11.3 Å². The maximum Gasteiger partial charge on any atom is 0.247 e. The van der Waals surface area contributed by atoms with Crippen LogP contribution < -0.4 is 16.0 Å². The number of rotatable bonds is 13. The lowest BCUT2D eigenvalue weighted by atomic mass is 10.1. The predicted octanol–water partition coefficient (Wildman–Crippen LogP) is 5.20. The largest absolute Gasteiger partial charge is 0.323 e. The molecule has 0 fully saturated rings. The van der Waals surface area contributed by atoms with Gasteiger partial charge in [-0.1, -0.05) is 32.1 Å². The number of thiazole rings is 1. The molecule has 1 aromatic carbocycles. The van der Waals surface area contributed by atoms with Gasteiger partial charge in [0.05, 0.1) is 5.69 Å². The molecule has 3 aromatic rings. The Morgan fingerprint density at radius 2 is 2.09 bits per heavy atom. The second-order valence-corrected chi connectivity index (χ2v) is 9.39. The van der Waals surface area contributed by atoms with Gasteiger partial charge in [0.15, 0.2) is 5.13 Å². The number of aryl methyl sites for hydroxylation is 1. The van der Waals surface area contributed by atoms with E-state index in [1.165, 1.54) is 11.6 Å². The molecule has 2 heterocycles. The third-order valence-corrected chi connectivity index (χ3v) is 6.09. The Morgan fingerprint density at radius 1 is 1.24 bits per heavy atom. The Labute approximate surface area is 206 Å². The summed E-state index contributed by atoms with van der Waals surface area (Å²) in [7, 11) is 1.98. The topological polar surface area (TPSA) is 82.2 Å². The number of likely N-dealkylation sites (N-methyl/N-ethyl adjacent to an activating group) is 1. The Kier molecular flexibility index (Phi) is 9.75. The molecule has 0 aliphatic heterocycles. The zero-order chi connectivity index (χ0) is 24.3. The number of anilines is 3. The molecule has 3 N–H and O–H groups in total. The number of pyridine rings is 1. The van der Waals surface area contributed by atoms with Crippen LogP contribution in [0, 0.1) is 6.92 Å². The summed E-state index contributed by atoms with van der Waals surface area (Å²) in [6.45, 7) is 11.6.